The number of hydrogen-bond acceptors (Lipinski definition) is 3. The number of nitrogens with zero attached hydrogens (tertiary/aromatic N) is 2. The van der Waals surface area contributed by atoms with E-state index >= 15 is 0 Å². The van der Waals surface area contributed by atoms with Gasteiger partial charge in [-0.25, -0.2) is 4.98 Å². The van der Waals surface area contributed by atoms with Gasteiger partial charge < -0.3 is 9.51 Å². The Hall–Kier alpha value is -1.65. The fourth-order valence-electron chi connectivity index (χ4n) is 1.95. The second-order valence-corrected chi connectivity index (χ2v) is 4.89. The third-order valence-electron chi connectivity index (χ3n) is 2.86. The van der Waals surface area contributed by atoms with Gasteiger partial charge in [-0.3, -0.25) is 0 Å². The highest BCUT2D eigenvalue weighted by Gasteiger charge is 2.10. The first-order chi connectivity index (χ1) is 8.29. The van der Waals surface area contributed by atoms with E-state index in [1.807, 2.05) is 28.8 Å². The smallest absolute Gasteiger partial charge is 0.137 e. The lowest BCUT2D eigenvalue weighted by atomic mass is 10.3. The van der Waals surface area contributed by atoms with E-state index in [2.05, 4.69) is 23.4 Å². The Balaban J connectivity index is 2.25. The fraction of sp³-hybridized carbons (Fsp3) is 0.154. The Bertz CT molecular complexity index is 655. The van der Waals surface area contributed by atoms with Crippen LogP contribution in [0.1, 0.15) is 11.3 Å². The normalized spacial score (nSPS) is 11.2. The number of thiophene rings is 1. The van der Waals surface area contributed by atoms with Gasteiger partial charge in [0, 0.05) is 11.9 Å². The fourth-order valence-corrected chi connectivity index (χ4v) is 2.71. The number of rotatable bonds is 2. The summed E-state index contributed by atoms with van der Waals surface area (Å²) >= 11 is 1.69. The van der Waals surface area contributed by atoms with Gasteiger partial charge in [-0.15, -0.1) is 11.3 Å². The number of aryl methyl sites for hydroxylation is 1. The van der Waals surface area contributed by atoms with Crippen LogP contribution in [0.4, 0.5) is 0 Å². The summed E-state index contributed by atoms with van der Waals surface area (Å²) in [7, 11) is 0. The Morgan fingerprint density at radius 3 is 2.94 bits per heavy atom. The molecule has 0 aliphatic heterocycles. The van der Waals surface area contributed by atoms with Gasteiger partial charge in [0.05, 0.1) is 11.5 Å². The highest BCUT2D eigenvalue weighted by molar-refractivity contribution is 7.13. The minimum Gasteiger partial charge on any atom is -0.392 e. The van der Waals surface area contributed by atoms with E-state index < -0.39 is 0 Å². The molecule has 0 unspecified atom stereocenters. The average Bonchev–Trinajstić information content (AvgIpc) is 2.97. The van der Waals surface area contributed by atoms with Crippen molar-refractivity contribution in [1.29, 1.82) is 0 Å². The van der Waals surface area contributed by atoms with E-state index in [0.29, 0.717) is 0 Å². The van der Waals surface area contributed by atoms with Crippen molar-refractivity contribution in [2.45, 2.75) is 13.5 Å². The van der Waals surface area contributed by atoms with E-state index in [4.69, 9.17) is 5.11 Å². The van der Waals surface area contributed by atoms with Crippen molar-refractivity contribution in [2.75, 3.05) is 0 Å². The van der Waals surface area contributed by atoms with Crippen LogP contribution in [-0.4, -0.2) is 14.5 Å². The summed E-state index contributed by atoms with van der Waals surface area (Å²) in [6, 6.07) is 7.95. The van der Waals surface area contributed by atoms with Crippen LogP contribution in [0, 0.1) is 6.92 Å². The molecule has 0 aromatic carbocycles. The minimum atomic E-state index is 0.0574. The van der Waals surface area contributed by atoms with Gasteiger partial charge in [0.15, 0.2) is 0 Å². The monoisotopic (exact) mass is 244 g/mol. The number of hydrogen-bond donors (Lipinski definition) is 1. The molecule has 0 fully saturated rings. The van der Waals surface area contributed by atoms with E-state index in [9.17, 15) is 0 Å². The van der Waals surface area contributed by atoms with Crippen LogP contribution in [-0.2, 0) is 6.61 Å². The van der Waals surface area contributed by atoms with E-state index in [-0.39, 0.29) is 6.61 Å². The predicted molar refractivity (Wildman–Crippen MR) is 69.2 cm³/mol. The van der Waals surface area contributed by atoms with Gasteiger partial charge >= 0.3 is 0 Å². The SMILES string of the molecule is Cc1c(-c2cccs2)nc2ccc(CO)cn12. The summed E-state index contributed by atoms with van der Waals surface area (Å²) < 4.78 is 2.03. The molecule has 0 spiro atoms. The van der Waals surface area contributed by atoms with Gasteiger partial charge in [0.2, 0.25) is 0 Å². The van der Waals surface area contributed by atoms with Crippen molar-refractivity contribution < 1.29 is 5.11 Å². The molecule has 0 saturated heterocycles. The molecule has 3 rings (SSSR count). The molecule has 86 valence electrons. The largest absolute Gasteiger partial charge is 0.392 e. The van der Waals surface area contributed by atoms with Crippen LogP contribution in [0.25, 0.3) is 16.2 Å². The van der Waals surface area contributed by atoms with Gasteiger partial charge in [-0.1, -0.05) is 12.1 Å². The number of pyridine rings is 1. The number of fused-ring (bicyclic) bond motifs is 1. The molecule has 0 bridgehead atoms. The third-order valence-corrected chi connectivity index (χ3v) is 3.73. The highest BCUT2D eigenvalue weighted by atomic mass is 32.1. The van der Waals surface area contributed by atoms with E-state index in [1.54, 1.807) is 11.3 Å². The van der Waals surface area contributed by atoms with Crippen LogP contribution < -0.4 is 0 Å². The molecule has 3 aromatic rings. The predicted octanol–water partition coefficient (Wildman–Crippen LogP) is 2.86. The Kier molecular flexibility index (Phi) is 2.46. The molecule has 0 amide bonds. The highest BCUT2D eigenvalue weighted by Crippen LogP contribution is 2.27. The molecule has 1 N–H and O–H groups in total. The maximum atomic E-state index is 9.15. The molecule has 0 radical (unpaired) electrons. The van der Waals surface area contributed by atoms with Crippen LogP contribution in [0.2, 0.25) is 0 Å². The Morgan fingerprint density at radius 2 is 2.24 bits per heavy atom. The molecular weight excluding hydrogens is 232 g/mol. The number of aliphatic hydroxyl groups excluding tert-OH is 1. The maximum Gasteiger partial charge on any atom is 0.137 e. The van der Waals surface area contributed by atoms with Crippen molar-refractivity contribution in [3.8, 4) is 10.6 Å². The minimum absolute atomic E-state index is 0.0574. The van der Waals surface area contributed by atoms with Crippen LogP contribution in [0.3, 0.4) is 0 Å². The average molecular weight is 244 g/mol. The molecule has 0 aliphatic rings. The first-order valence-electron chi connectivity index (χ1n) is 5.42. The number of aromatic nitrogens is 2. The molecule has 4 heteroatoms. The molecule has 0 aliphatic carbocycles. The van der Waals surface area contributed by atoms with Gasteiger partial charge in [-0.2, -0.15) is 0 Å². The first-order valence-corrected chi connectivity index (χ1v) is 6.30. The lowest BCUT2D eigenvalue weighted by Gasteiger charge is -1.99. The van der Waals surface area contributed by atoms with Gasteiger partial charge in [-0.05, 0) is 30.0 Å². The van der Waals surface area contributed by atoms with Crippen molar-refractivity contribution in [3.05, 3.63) is 47.1 Å². The zero-order chi connectivity index (χ0) is 11.8. The van der Waals surface area contributed by atoms with Crippen molar-refractivity contribution in [3.63, 3.8) is 0 Å². The van der Waals surface area contributed by atoms with E-state index in [0.717, 1.165) is 22.6 Å². The van der Waals surface area contributed by atoms with Crippen LogP contribution in [0.15, 0.2) is 35.8 Å². The molecule has 3 nitrogen and oxygen atoms in total. The summed E-state index contributed by atoms with van der Waals surface area (Å²) in [5.41, 5.74) is 3.95. The Morgan fingerprint density at radius 1 is 1.35 bits per heavy atom. The number of aliphatic hydroxyl groups is 1. The first kappa shape index (κ1) is 10.5. The zero-order valence-electron chi connectivity index (χ0n) is 9.42. The summed E-state index contributed by atoms with van der Waals surface area (Å²) in [6.45, 7) is 2.11. The second-order valence-electron chi connectivity index (χ2n) is 3.95. The van der Waals surface area contributed by atoms with Crippen LogP contribution >= 0.6 is 11.3 Å². The lowest BCUT2D eigenvalue weighted by Crippen LogP contribution is -1.91. The van der Waals surface area contributed by atoms with Crippen molar-refractivity contribution in [1.82, 2.24) is 9.38 Å². The summed E-state index contributed by atoms with van der Waals surface area (Å²) in [4.78, 5) is 5.80. The molecule has 0 saturated carbocycles. The van der Waals surface area contributed by atoms with Crippen LogP contribution in [0.5, 0.6) is 0 Å². The quantitative estimate of drug-likeness (QED) is 0.752. The standard InChI is InChI=1S/C13H12N2OS/c1-9-13(11-3-2-6-17-11)14-12-5-4-10(8-16)7-15(9)12/h2-7,16H,8H2,1H3. The van der Waals surface area contributed by atoms with Gasteiger partial charge in [0.25, 0.3) is 0 Å². The molecule has 17 heavy (non-hydrogen) atoms. The number of imidazole rings is 1. The summed E-state index contributed by atoms with van der Waals surface area (Å²) in [6.07, 6.45) is 1.94. The molecule has 3 heterocycles. The summed E-state index contributed by atoms with van der Waals surface area (Å²) in [5, 5.41) is 11.2. The Labute approximate surface area is 103 Å². The molecule has 3 aromatic heterocycles. The topological polar surface area (TPSA) is 37.5 Å². The maximum absolute atomic E-state index is 9.15. The molecule has 0 atom stereocenters. The zero-order valence-corrected chi connectivity index (χ0v) is 10.2. The van der Waals surface area contributed by atoms with Crippen molar-refractivity contribution in [2.24, 2.45) is 0 Å². The molecular formula is C13H12N2OS. The van der Waals surface area contributed by atoms with E-state index in [1.165, 1.54) is 4.88 Å². The van der Waals surface area contributed by atoms with Gasteiger partial charge in [0.1, 0.15) is 11.3 Å². The third kappa shape index (κ3) is 1.66. The lowest BCUT2D eigenvalue weighted by molar-refractivity contribution is 0.281. The van der Waals surface area contributed by atoms with Crippen molar-refractivity contribution >= 4 is 17.0 Å². The summed E-state index contributed by atoms with van der Waals surface area (Å²) in [5.74, 6) is 0. The second kappa shape index (κ2) is 3.98.